The van der Waals surface area contributed by atoms with Gasteiger partial charge in [0.05, 0.1) is 12.1 Å². The molecule has 1 aromatic rings. The fourth-order valence-electron chi connectivity index (χ4n) is 4.41. The number of aliphatic imine (C=N–C) groups is 1. The van der Waals surface area contributed by atoms with Crippen LogP contribution in [-0.4, -0.2) is 53.8 Å². The zero-order chi connectivity index (χ0) is 19.8. The third-order valence-electron chi connectivity index (χ3n) is 6.08. The lowest BCUT2D eigenvalue weighted by Gasteiger charge is -2.34. The first-order valence-electron chi connectivity index (χ1n) is 11.1. The summed E-state index contributed by atoms with van der Waals surface area (Å²) >= 11 is 0. The Labute approximate surface area is 170 Å². The van der Waals surface area contributed by atoms with Gasteiger partial charge in [-0.3, -0.25) is 9.89 Å². The van der Waals surface area contributed by atoms with E-state index in [1.807, 2.05) is 0 Å². The van der Waals surface area contributed by atoms with E-state index in [0.717, 1.165) is 70.7 Å². The van der Waals surface area contributed by atoms with Gasteiger partial charge in [-0.05, 0) is 45.1 Å². The summed E-state index contributed by atoms with van der Waals surface area (Å²) in [5.41, 5.74) is 2.14. The number of aryl methyl sites for hydroxylation is 1. The molecule has 0 bridgehead atoms. The average molecular weight is 387 g/mol. The third-order valence-corrected chi connectivity index (χ3v) is 6.08. The summed E-state index contributed by atoms with van der Waals surface area (Å²) in [6.07, 6.45) is 7.50. The maximum atomic E-state index is 10.7. The van der Waals surface area contributed by atoms with Crippen LogP contribution in [0.15, 0.2) is 29.3 Å². The molecule has 0 unspecified atom stereocenters. The summed E-state index contributed by atoms with van der Waals surface area (Å²) in [6, 6.07) is 9.27. The van der Waals surface area contributed by atoms with Gasteiger partial charge in [0, 0.05) is 32.2 Å². The van der Waals surface area contributed by atoms with Gasteiger partial charge in [-0.2, -0.15) is 0 Å². The van der Waals surface area contributed by atoms with Gasteiger partial charge in [-0.1, -0.05) is 49.1 Å². The minimum atomic E-state index is -0.599. The van der Waals surface area contributed by atoms with E-state index in [2.05, 4.69) is 53.6 Å². The molecule has 0 aromatic heterocycles. The summed E-state index contributed by atoms with van der Waals surface area (Å²) in [6.45, 7) is 8.85. The van der Waals surface area contributed by atoms with Gasteiger partial charge in [0.1, 0.15) is 0 Å². The molecule has 2 aliphatic rings. The van der Waals surface area contributed by atoms with Gasteiger partial charge in [0.2, 0.25) is 0 Å². The van der Waals surface area contributed by atoms with Crippen molar-refractivity contribution in [1.82, 2.24) is 15.5 Å². The van der Waals surface area contributed by atoms with E-state index in [0.29, 0.717) is 12.6 Å². The van der Waals surface area contributed by atoms with Gasteiger partial charge in [0.25, 0.3) is 0 Å². The molecule has 1 aliphatic heterocycles. The Kier molecular flexibility index (Phi) is 7.74. The predicted molar refractivity (Wildman–Crippen MR) is 117 cm³/mol. The molecule has 28 heavy (non-hydrogen) atoms. The molecule has 1 aliphatic carbocycles. The molecular weight excluding hydrogens is 348 g/mol. The van der Waals surface area contributed by atoms with Crippen molar-refractivity contribution in [3.8, 4) is 0 Å². The van der Waals surface area contributed by atoms with Crippen LogP contribution in [0.25, 0.3) is 0 Å². The van der Waals surface area contributed by atoms with Crippen molar-refractivity contribution < 1.29 is 5.11 Å². The summed E-state index contributed by atoms with van der Waals surface area (Å²) in [5.74, 6) is 0.860. The highest BCUT2D eigenvalue weighted by atomic mass is 16.3. The normalized spacial score (nSPS) is 21.5. The zero-order valence-electron chi connectivity index (χ0n) is 17.7. The number of benzene rings is 1. The van der Waals surface area contributed by atoms with Gasteiger partial charge in [-0.15, -0.1) is 0 Å². The van der Waals surface area contributed by atoms with Crippen LogP contribution in [0.5, 0.6) is 0 Å². The third kappa shape index (κ3) is 6.49. The van der Waals surface area contributed by atoms with Crippen molar-refractivity contribution in [2.24, 2.45) is 4.99 Å². The first kappa shape index (κ1) is 21.1. The van der Waals surface area contributed by atoms with E-state index in [1.54, 1.807) is 0 Å². The highest BCUT2D eigenvalue weighted by molar-refractivity contribution is 5.80. The van der Waals surface area contributed by atoms with Crippen LogP contribution in [0.4, 0.5) is 0 Å². The minimum absolute atomic E-state index is 0.451. The number of nitrogens with zero attached hydrogens (tertiary/aromatic N) is 2. The molecular formula is C23H38N4O. The van der Waals surface area contributed by atoms with Crippen LogP contribution < -0.4 is 10.6 Å². The molecule has 3 rings (SSSR count). The van der Waals surface area contributed by atoms with E-state index in [9.17, 15) is 5.11 Å². The summed E-state index contributed by atoms with van der Waals surface area (Å²) in [7, 11) is 0. The lowest BCUT2D eigenvalue weighted by atomic mass is 9.85. The Morgan fingerprint density at radius 3 is 2.64 bits per heavy atom. The van der Waals surface area contributed by atoms with Gasteiger partial charge in [-0.25, -0.2) is 0 Å². The average Bonchev–Trinajstić information content (AvgIpc) is 2.69. The molecule has 1 saturated carbocycles. The van der Waals surface area contributed by atoms with Crippen LogP contribution in [0.2, 0.25) is 0 Å². The molecule has 1 heterocycles. The topological polar surface area (TPSA) is 59.9 Å². The van der Waals surface area contributed by atoms with Crippen LogP contribution in [0.3, 0.4) is 0 Å². The second-order valence-corrected chi connectivity index (χ2v) is 8.66. The largest absolute Gasteiger partial charge is 0.388 e. The fraction of sp³-hybridized carbons (Fsp3) is 0.696. The van der Waals surface area contributed by atoms with Crippen molar-refractivity contribution in [3.05, 3.63) is 35.4 Å². The molecule has 156 valence electrons. The van der Waals surface area contributed by atoms with E-state index < -0.39 is 5.60 Å². The van der Waals surface area contributed by atoms with Crippen molar-refractivity contribution in [2.45, 2.75) is 77.0 Å². The molecule has 5 heteroatoms. The van der Waals surface area contributed by atoms with Crippen LogP contribution in [0, 0.1) is 6.92 Å². The molecule has 2 fully saturated rings. The van der Waals surface area contributed by atoms with Crippen LogP contribution >= 0.6 is 0 Å². The Hall–Kier alpha value is -1.59. The number of nitrogens with one attached hydrogen (secondary N) is 2. The quantitative estimate of drug-likeness (QED) is 0.519. The smallest absolute Gasteiger partial charge is 0.191 e. The number of guanidine groups is 1. The Bertz CT molecular complexity index is 631. The van der Waals surface area contributed by atoms with E-state index in [4.69, 9.17) is 4.99 Å². The second kappa shape index (κ2) is 10.3. The highest BCUT2D eigenvalue weighted by Gasteiger charge is 2.29. The molecule has 3 N–H and O–H groups in total. The maximum absolute atomic E-state index is 10.7. The maximum Gasteiger partial charge on any atom is 0.191 e. The number of hydrogen-bond donors (Lipinski definition) is 3. The van der Waals surface area contributed by atoms with Crippen LogP contribution in [-0.2, 0) is 6.54 Å². The van der Waals surface area contributed by atoms with E-state index >= 15 is 0 Å². The first-order chi connectivity index (χ1) is 13.6. The Morgan fingerprint density at radius 2 is 1.96 bits per heavy atom. The van der Waals surface area contributed by atoms with Crippen LogP contribution in [0.1, 0.15) is 63.0 Å². The molecule has 5 nitrogen and oxygen atoms in total. The van der Waals surface area contributed by atoms with Crippen molar-refractivity contribution >= 4 is 5.96 Å². The number of likely N-dealkylation sites (tertiary alicyclic amines) is 1. The SMILES string of the molecule is CCNC(=NCC1(O)CCCCC1)NC1CCN(Cc2cccc(C)c2)CC1. The summed E-state index contributed by atoms with van der Waals surface area (Å²) in [4.78, 5) is 7.27. The van der Waals surface area contributed by atoms with Gasteiger partial charge < -0.3 is 15.7 Å². The molecule has 1 saturated heterocycles. The van der Waals surface area contributed by atoms with Crippen molar-refractivity contribution in [2.75, 3.05) is 26.2 Å². The molecule has 0 spiro atoms. The zero-order valence-corrected chi connectivity index (χ0v) is 17.7. The summed E-state index contributed by atoms with van der Waals surface area (Å²) < 4.78 is 0. The highest BCUT2D eigenvalue weighted by Crippen LogP contribution is 2.28. The van der Waals surface area contributed by atoms with E-state index in [-0.39, 0.29) is 0 Å². The number of aliphatic hydroxyl groups is 1. The van der Waals surface area contributed by atoms with Gasteiger partial charge in [0.15, 0.2) is 5.96 Å². The lowest BCUT2D eigenvalue weighted by Crippen LogP contribution is -2.49. The Balaban J connectivity index is 1.47. The van der Waals surface area contributed by atoms with Crippen molar-refractivity contribution in [3.63, 3.8) is 0 Å². The minimum Gasteiger partial charge on any atom is -0.388 e. The van der Waals surface area contributed by atoms with Gasteiger partial charge >= 0.3 is 0 Å². The monoisotopic (exact) mass is 386 g/mol. The molecule has 1 aromatic carbocycles. The molecule has 0 atom stereocenters. The Morgan fingerprint density at radius 1 is 1.21 bits per heavy atom. The molecule has 0 radical (unpaired) electrons. The fourth-order valence-corrected chi connectivity index (χ4v) is 4.41. The number of hydrogen-bond acceptors (Lipinski definition) is 3. The van der Waals surface area contributed by atoms with E-state index in [1.165, 1.54) is 17.5 Å². The number of rotatable bonds is 6. The second-order valence-electron chi connectivity index (χ2n) is 8.66. The summed E-state index contributed by atoms with van der Waals surface area (Å²) in [5, 5.41) is 17.7. The lowest BCUT2D eigenvalue weighted by molar-refractivity contribution is 0.0131. The molecule has 0 amide bonds. The standard InChI is InChI=1S/C23H38N4O/c1-3-24-22(25-18-23(28)12-5-4-6-13-23)26-21-10-14-27(15-11-21)17-20-9-7-8-19(2)16-20/h7-9,16,21,28H,3-6,10-15,17-18H2,1-2H3,(H2,24,25,26). The first-order valence-corrected chi connectivity index (χ1v) is 11.1. The van der Waals surface area contributed by atoms with Crippen molar-refractivity contribution in [1.29, 1.82) is 0 Å². The predicted octanol–water partition coefficient (Wildman–Crippen LogP) is 3.21. The number of piperidine rings is 1.